The molecule has 10 heteroatoms. The second-order valence-electron chi connectivity index (χ2n) is 12.7. The molecule has 1 saturated heterocycles. The van der Waals surface area contributed by atoms with Gasteiger partial charge in [0, 0.05) is 57.0 Å². The summed E-state index contributed by atoms with van der Waals surface area (Å²) in [6.45, 7) is 5.31. The minimum Gasteiger partial charge on any atom is -0.493 e. The number of fused-ring (bicyclic) bond motifs is 1. The van der Waals surface area contributed by atoms with Crippen molar-refractivity contribution in [3.05, 3.63) is 41.7 Å². The minimum atomic E-state index is -0.853. The number of ether oxygens (including phenoxy) is 3. The number of benzene rings is 1. The number of rotatable bonds is 15. The molecule has 2 aliphatic rings. The molecule has 0 aliphatic carbocycles. The summed E-state index contributed by atoms with van der Waals surface area (Å²) >= 11 is 0. The molecule has 0 bridgehead atoms. The highest BCUT2D eigenvalue weighted by Crippen LogP contribution is 2.47. The number of nitrogens with zero attached hydrogens (tertiary/aromatic N) is 4. The van der Waals surface area contributed by atoms with Crippen LogP contribution in [-0.2, 0) is 23.1 Å². The topological polar surface area (TPSA) is 93.5 Å². The summed E-state index contributed by atoms with van der Waals surface area (Å²) in [6.07, 6.45) is 6.25. The molecule has 1 amide bonds. The van der Waals surface area contributed by atoms with E-state index in [0.717, 1.165) is 54.5 Å². The van der Waals surface area contributed by atoms with Crippen LogP contribution in [0.15, 0.2) is 30.5 Å². The number of carboxylic acids is 1. The van der Waals surface area contributed by atoms with Crippen LogP contribution >= 0.6 is 0 Å². The molecule has 1 aromatic carbocycles. The van der Waals surface area contributed by atoms with Gasteiger partial charge in [0.25, 0.3) is 0 Å². The largest absolute Gasteiger partial charge is 0.493 e. The highest BCUT2D eigenvalue weighted by atomic mass is 16.7. The van der Waals surface area contributed by atoms with Crippen molar-refractivity contribution >= 4 is 11.9 Å². The Balaban J connectivity index is 1.61. The summed E-state index contributed by atoms with van der Waals surface area (Å²) in [5.41, 5.74) is 1.97. The number of likely N-dealkylation sites (tertiary alicyclic amines) is 1. The zero-order chi connectivity index (χ0) is 30.4. The van der Waals surface area contributed by atoms with Gasteiger partial charge in [-0.2, -0.15) is 0 Å². The summed E-state index contributed by atoms with van der Waals surface area (Å²) < 4.78 is 19.8. The number of carbonyl (C=O) groups is 2. The number of aromatic nitrogens is 1. The maximum absolute atomic E-state index is 13.8. The van der Waals surface area contributed by atoms with E-state index in [2.05, 4.69) is 43.6 Å². The first-order valence-corrected chi connectivity index (χ1v) is 15.1. The Bertz CT molecular complexity index is 1220. The molecule has 3 atom stereocenters. The molecule has 2 aromatic rings. The number of carbonyl (C=O) groups excluding carboxylic acids is 1. The van der Waals surface area contributed by atoms with E-state index < -0.39 is 11.9 Å². The van der Waals surface area contributed by atoms with Gasteiger partial charge in [-0.05, 0) is 49.1 Å². The van der Waals surface area contributed by atoms with E-state index in [0.29, 0.717) is 36.8 Å². The summed E-state index contributed by atoms with van der Waals surface area (Å²) in [4.78, 5) is 30.9. The van der Waals surface area contributed by atoms with Gasteiger partial charge in [0.15, 0.2) is 11.5 Å². The molecule has 1 fully saturated rings. The van der Waals surface area contributed by atoms with Crippen LogP contribution in [0.25, 0.3) is 0 Å². The zero-order valence-electron chi connectivity index (χ0n) is 26.2. The lowest BCUT2D eigenvalue weighted by molar-refractivity contribution is -0.870. The number of aliphatic carboxylic acids is 1. The van der Waals surface area contributed by atoms with Crippen molar-refractivity contribution < 1.29 is 33.4 Å². The van der Waals surface area contributed by atoms with E-state index in [1.165, 1.54) is 0 Å². The van der Waals surface area contributed by atoms with Crippen molar-refractivity contribution in [2.24, 2.45) is 13.0 Å². The smallest absolute Gasteiger partial charge is 0.308 e. The lowest BCUT2D eigenvalue weighted by Crippen LogP contribution is -2.45. The Hall–Kier alpha value is -3.24. The maximum atomic E-state index is 13.8. The number of amides is 1. The normalized spacial score (nSPS) is 20.2. The molecule has 10 nitrogen and oxygen atoms in total. The summed E-state index contributed by atoms with van der Waals surface area (Å²) in [7, 11) is 10.1. The van der Waals surface area contributed by atoms with Crippen molar-refractivity contribution in [1.29, 1.82) is 0 Å². The van der Waals surface area contributed by atoms with Crippen molar-refractivity contribution in [2.45, 2.75) is 51.0 Å². The van der Waals surface area contributed by atoms with Gasteiger partial charge in [-0.15, -0.1) is 0 Å². The number of hydrogen-bond acceptors (Lipinski definition) is 6. The fourth-order valence-corrected chi connectivity index (χ4v) is 6.33. The molecule has 0 spiro atoms. The SMILES string of the molecule is CCCCN(CCC[N+](C)(C)C)C(=O)CN1C[C@H](c2cc(OC)c3c(c2)OCO3)C(C(=O)O)[C@@H]1CCc1cccn1C. The molecule has 1 aromatic heterocycles. The van der Waals surface area contributed by atoms with Gasteiger partial charge in [-0.1, -0.05) is 13.3 Å². The van der Waals surface area contributed by atoms with Crippen molar-refractivity contribution in [3.8, 4) is 17.2 Å². The van der Waals surface area contributed by atoms with Gasteiger partial charge in [0.1, 0.15) is 0 Å². The predicted molar refractivity (Wildman–Crippen MR) is 161 cm³/mol. The zero-order valence-corrected chi connectivity index (χ0v) is 26.2. The first-order chi connectivity index (χ1) is 20.0. The summed E-state index contributed by atoms with van der Waals surface area (Å²) in [5, 5.41) is 10.6. The first-order valence-electron chi connectivity index (χ1n) is 15.1. The second-order valence-corrected chi connectivity index (χ2v) is 12.7. The van der Waals surface area contributed by atoms with E-state index in [1.807, 2.05) is 36.3 Å². The fraction of sp³-hybridized carbons (Fsp3) is 0.625. The number of hydrogen-bond donors (Lipinski definition) is 1. The van der Waals surface area contributed by atoms with Crippen LogP contribution in [0, 0.1) is 5.92 Å². The Morgan fingerprint density at radius 2 is 1.93 bits per heavy atom. The van der Waals surface area contributed by atoms with E-state index in [4.69, 9.17) is 14.2 Å². The molecule has 4 rings (SSSR count). The van der Waals surface area contributed by atoms with Crippen molar-refractivity contribution in [2.75, 3.05) is 67.8 Å². The number of methoxy groups -OCH3 is 1. The Morgan fingerprint density at radius 1 is 1.17 bits per heavy atom. The third kappa shape index (κ3) is 7.58. The van der Waals surface area contributed by atoms with Crippen LogP contribution in [0.4, 0.5) is 0 Å². The van der Waals surface area contributed by atoms with Crippen molar-refractivity contribution in [3.63, 3.8) is 0 Å². The molecule has 3 heterocycles. The van der Waals surface area contributed by atoms with Gasteiger partial charge < -0.3 is 33.3 Å². The van der Waals surface area contributed by atoms with Gasteiger partial charge in [0.05, 0.1) is 47.3 Å². The minimum absolute atomic E-state index is 0.0711. The van der Waals surface area contributed by atoms with Gasteiger partial charge in [0.2, 0.25) is 18.4 Å². The van der Waals surface area contributed by atoms with E-state index >= 15 is 0 Å². The van der Waals surface area contributed by atoms with Gasteiger partial charge in [-0.25, -0.2) is 0 Å². The van der Waals surface area contributed by atoms with Crippen LogP contribution in [0.2, 0.25) is 0 Å². The fourth-order valence-electron chi connectivity index (χ4n) is 6.33. The molecular formula is C32H49N4O6+. The lowest BCUT2D eigenvalue weighted by Gasteiger charge is -2.31. The molecular weight excluding hydrogens is 536 g/mol. The van der Waals surface area contributed by atoms with Crippen LogP contribution < -0.4 is 14.2 Å². The average molecular weight is 586 g/mol. The Kier molecular flexibility index (Phi) is 10.4. The third-order valence-corrected chi connectivity index (χ3v) is 8.62. The van der Waals surface area contributed by atoms with Crippen LogP contribution in [-0.4, -0.2) is 110 Å². The summed E-state index contributed by atoms with van der Waals surface area (Å²) in [6, 6.07) is 7.52. The number of carboxylic acid groups (broad SMARTS) is 1. The van der Waals surface area contributed by atoms with E-state index in [-0.39, 0.29) is 31.2 Å². The molecule has 42 heavy (non-hydrogen) atoms. The van der Waals surface area contributed by atoms with Crippen molar-refractivity contribution in [1.82, 2.24) is 14.4 Å². The van der Waals surface area contributed by atoms with Gasteiger partial charge in [-0.3, -0.25) is 14.5 Å². The standard InChI is InChI=1S/C32H48N4O6/c1-7-8-15-34(16-10-17-36(3,4)5)29(37)21-35-20-25(23-18-27(40-6)31-28(19-23)41-22-42-31)30(32(38)39)26(35)13-12-24-11-9-14-33(24)2/h9,11,14,18-19,25-26,30H,7-8,10,12-13,15-17,20-22H2,1-6H3/p+1/t25-,26+,30?/m1/s1. The number of aryl methyl sites for hydroxylation is 2. The number of quaternary nitrogens is 1. The molecule has 0 radical (unpaired) electrons. The molecule has 232 valence electrons. The van der Waals surface area contributed by atoms with E-state index in [1.54, 1.807) is 7.11 Å². The monoisotopic (exact) mass is 585 g/mol. The molecule has 1 unspecified atom stereocenters. The maximum Gasteiger partial charge on any atom is 0.308 e. The predicted octanol–water partition coefficient (Wildman–Crippen LogP) is 3.59. The van der Waals surface area contributed by atoms with Gasteiger partial charge >= 0.3 is 5.97 Å². The molecule has 1 N–H and O–H groups in total. The highest BCUT2D eigenvalue weighted by molar-refractivity contribution is 5.79. The Labute approximate surface area is 250 Å². The highest BCUT2D eigenvalue weighted by Gasteiger charge is 2.47. The van der Waals surface area contributed by atoms with Crippen LogP contribution in [0.1, 0.15) is 49.8 Å². The number of unbranched alkanes of at least 4 members (excludes halogenated alkanes) is 1. The van der Waals surface area contributed by atoms with E-state index in [9.17, 15) is 14.7 Å². The summed E-state index contributed by atoms with van der Waals surface area (Å²) in [5.74, 6) is -0.173. The third-order valence-electron chi connectivity index (χ3n) is 8.62. The van der Waals surface area contributed by atoms with Crippen LogP contribution in [0.3, 0.4) is 0 Å². The quantitative estimate of drug-likeness (QED) is 0.320. The molecule has 2 aliphatic heterocycles. The lowest BCUT2D eigenvalue weighted by atomic mass is 9.83. The Morgan fingerprint density at radius 3 is 2.57 bits per heavy atom. The van der Waals surface area contributed by atoms with Crippen LogP contribution in [0.5, 0.6) is 17.2 Å². The first kappa shape index (κ1) is 31.7. The second kappa shape index (κ2) is 13.8. The molecule has 0 saturated carbocycles. The average Bonchev–Trinajstić information content (AvgIpc) is 3.66.